The number of aromatic nitrogens is 2. The van der Waals surface area contributed by atoms with Crippen molar-refractivity contribution in [2.45, 2.75) is 32.7 Å². The third-order valence-corrected chi connectivity index (χ3v) is 5.93. The molecule has 0 radical (unpaired) electrons. The Morgan fingerprint density at radius 3 is 2.47 bits per heavy atom. The van der Waals surface area contributed by atoms with E-state index in [2.05, 4.69) is 16.5 Å². The Morgan fingerprint density at radius 1 is 1.00 bits per heavy atom. The van der Waals surface area contributed by atoms with Crippen LogP contribution < -0.4 is 9.47 Å². The van der Waals surface area contributed by atoms with Crippen molar-refractivity contribution in [3.8, 4) is 17.2 Å². The summed E-state index contributed by atoms with van der Waals surface area (Å²) in [5.41, 5.74) is 1.94. The van der Waals surface area contributed by atoms with Crippen molar-refractivity contribution in [3.63, 3.8) is 0 Å². The largest absolute Gasteiger partial charge is 0.492 e. The fraction of sp³-hybridized carbons (Fsp3) is 0.259. The van der Waals surface area contributed by atoms with E-state index in [0.29, 0.717) is 46.0 Å². The predicted molar refractivity (Wildman–Crippen MR) is 137 cm³/mol. The number of fused-ring (bicyclic) bond motifs is 1. The molecule has 0 spiro atoms. The Hall–Kier alpha value is -3.02. The number of unbranched alkanes of at least 4 members (excludes halogenated alkanes) is 1. The quantitative estimate of drug-likeness (QED) is 0.122. The van der Waals surface area contributed by atoms with Gasteiger partial charge in [0.15, 0.2) is 0 Å². The number of rotatable bonds is 11. The van der Waals surface area contributed by atoms with Crippen LogP contribution in [0.4, 0.5) is 0 Å². The lowest BCUT2D eigenvalue weighted by Gasteiger charge is -2.08. The number of carbonyl (C=O) groups excluding carboxylic acids is 1. The molecule has 0 N–H and O–H groups in total. The van der Waals surface area contributed by atoms with Gasteiger partial charge in [0.2, 0.25) is 5.78 Å². The minimum Gasteiger partial charge on any atom is -0.492 e. The second-order valence-electron chi connectivity index (χ2n) is 7.92. The topological polar surface area (TPSA) is 53.4 Å². The van der Waals surface area contributed by atoms with E-state index in [-0.39, 0.29) is 5.78 Å². The highest BCUT2D eigenvalue weighted by atomic mass is 35.5. The molecule has 0 amide bonds. The zero-order valence-corrected chi connectivity index (χ0v) is 20.5. The monoisotopic (exact) mass is 496 g/mol. The third-order valence-electron chi connectivity index (χ3n) is 5.41. The molecule has 176 valence electrons. The SMILES string of the molecule is CCCCn1cc(C(=O)c2ccc(OCCCCl)cn2)c2cc(Oc3ccc(Cl)cc3)ccc21. The van der Waals surface area contributed by atoms with Crippen LogP contribution in [0.15, 0.2) is 67.0 Å². The first-order valence-corrected chi connectivity index (χ1v) is 12.3. The van der Waals surface area contributed by atoms with Gasteiger partial charge in [-0.05, 0) is 67.4 Å². The molecular formula is C27H26Cl2N2O3. The average Bonchev–Trinajstić information content (AvgIpc) is 3.22. The summed E-state index contributed by atoms with van der Waals surface area (Å²) in [5, 5.41) is 1.48. The summed E-state index contributed by atoms with van der Waals surface area (Å²) in [5.74, 6) is 2.33. The van der Waals surface area contributed by atoms with E-state index in [1.165, 1.54) is 0 Å². The molecule has 2 aromatic carbocycles. The minimum absolute atomic E-state index is 0.142. The van der Waals surface area contributed by atoms with Crippen LogP contribution in [0.3, 0.4) is 0 Å². The van der Waals surface area contributed by atoms with Crippen molar-refractivity contribution in [2.24, 2.45) is 0 Å². The second-order valence-corrected chi connectivity index (χ2v) is 8.74. The van der Waals surface area contributed by atoms with Crippen molar-refractivity contribution in [1.82, 2.24) is 9.55 Å². The van der Waals surface area contributed by atoms with Gasteiger partial charge in [-0.3, -0.25) is 4.79 Å². The smallest absolute Gasteiger partial charge is 0.213 e. The van der Waals surface area contributed by atoms with Crippen molar-refractivity contribution in [1.29, 1.82) is 0 Å². The van der Waals surface area contributed by atoms with Crippen LogP contribution in [0.25, 0.3) is 10.9 Å². The van der Waals surface area contributed by atoms with Crippen molar-refractivity contribution >= 4 is 39.9 Å². The van der Waals surface area contributed by atoms with E-state index in [0.717, 1.165) is 36.7 Å². The Labute approximate surface area is 209 Å². The first-order valence-electron chi connectivity index (χ1n) is 11.3. The number of benzene rings is 2. The van der Waals surface area contributed by atoms with E-state index in [9.17, 15) is 4.79 Å². The predicted octanol–water partition coefficient (Wildman–Crippen LogP) is 7.52. The lowest BCUT2D eigenvalue weighted by molar-refractivity contribution is 0.103. The van der Waals surface area contributed by atoms with Crippen LogP contribution in [-0.4, -0.2) is 27.8 Å². The molecule has 0 atom stereocenters. The molecule has 0 aliphatic carbocycles. The van der Waals surface area contributed by atoms with E-state index in [1.54, 1.807) is 30.5 Å². The summed E-state index contributed by atoms with van der Waals surface area (Å²) in [4.78, 5) is 17.8. The molecule has 0 saturated heterocycles. The van der Waals surface area contributed by atoms with Gasteiger partial charge in [-0.2, -0.15) is 0 Å². The first-order chi connectivity index (χ1) is 16.6. The molecule has 7 heteroatoms. The van der Waals surface area contributed by atoms with E-state index in [1.807, 2.05) is 36.5 Å². The molecule has 4 rings (SSSR count). The van der Waals surface area contributed by atoms with E-state index >= 15 is 0 Å². The van der Waals surface area contributed by atoms with Crippen LogP contribution in [0.1, 0.15) is 42.2 Å². The molecule has 2 heterocycles. The summed E-state index contributed by atoms with van der Waals surface area (Å²) in [7, 11) is 0. The lowest BCUT2D eigenvalue weighted by Crippen LogP contribution is -2.05. The number of pyridine rings is 1. The van der Waals surface area contributed by atoms with Crippen LogP contribution in [-0.2, 0) is 6.54 Å². The van der Waals surface area contributed by atoms with Crippen molar-refractivity contribution in [2.75, 3.05) is 12.5 Å². The van der Waals surface area contributed by atoms with Gasteiger partial charge in [-0.25, -0.2) is 4.98 Å². The molecule has 0 fully saturated rings. The van der Waals surface area contributed by atoms with Crippen LogP contribution in [0.5, 0.6) is 17.2 Å². The standard InChI is InChI=1S/C27H26Cl2N2O3/c1-2-3-14-31-18-24(27(32)25-11-9-22(17-30-25)33-15-4-13-28)23-16-21(10-12-26(23)31)34-20-7-5-19(29)6-8-20/h5-12,16-18H,2-4,13-15H2,1H3. The highest BCUT2D eigenvalue weighted by molar-refractivity contribution is 6.30. The zero-order chi connectivity index (χ0) is 23.9. The van der Waals surface area contributed by atoms with Crippen LogP contribution in [0.2, 0.25) is 5.02 Å². The molecule has 0 unspecified atom stereocenters. The molecular weight excluding hydrogens is 471 g/mol. The van der Waals surface area contributed by atoms with Gasteiger partial charge in [0.05, 0.1) is 12.8 Å². The Balaban J connectivity index is 1.65. The lowest BCUT2D eigenvalue weighted by atomic mass is 10.1. The fourth-order valence-electron chi connectivity index (χ4n) is 3.66. The molecule has 2 aromatic heterocycles. The molecule has 0 saturated carbocycles. The van der Waals surface area contributed by atoms with Gasteiger partial charge in [0.1, 0.15) is 22.9 Å². The van der Waals surface area contributed by atoms with Crippen LogP contribution >= 0.6 is 23.2 Å². The molecule has 5 nitrogen and oxygen atoms in total. The molecule has 4 aromatic rings. The number of halogens is 2. The Bertz CT molecular complexity index is 1250. The molecule has 0 aliphatic heterocycles. The van der Waals surface area contributed by atoms with Gasteiger partial charge in [0.25, 0.3) is 0 Å². The number of ether oxygens (including phenoxy) is 2. The van der Waals surface area contributed by atoms with Crippen molar-refractivity contribution < 1.29 is 14.3 Å². The zero-order valence-electron chi connectivity index (χ0n) is 19.0. The van der Waals surface area contributed by atoms with Gasteiger partial charge < -0.3 is 14.0 Å². The highest BCUT2D eigenvalue weighted by Gasteiger charge is 2.19. The number of hydrogen-bond donors (Lipinski definition) is 0. The van der Waals surface area contributed by atoms with Crippen molar-refractivity contribution in [3.05, 3.63) is 83.3 Å². The molecule has 0 bridgehead atoms. The highest BCUT2D eigenvalue weighted by Crippen LogP contribution is 2.31. The van der Waals surface area contributed by atoms with Gasteiger partial charge in [-0.1, -0.05) is 24.9 Å². The van der Waals surface area contributed by atoms with E-state index in [4.69, 9.17) is 32.7 Å². The number of nitrogens with zero attached hydrogens (tertiary/aromatic N) is 2. The molecule has 34 heavy (non-hydrogen) atoms. The maximum Gasteiger partial charge on any atom is 0.213 e. The maximum absolute atomic E-state index is 13.4. The first kappa shape index (κ1) is 24.1. The fourth-order valence-corrected chi connectivity index (χ4v) is 3.89. The number of ketones is 1. The summed E-state index contributed by atoms with van der Waals surface area (Å²) in [6, 6.07) is 16.5. The maximum atomic E-state index is 13.4. The number of alkyl halides is 1. The number of aryl methyl sites for hydroxylation is 1. The average molecular weight is 497 g/mol. The minimum atomic E-state index is -0.142. The number of hydrogen-bond acceptors (Lipinski definition) is 4. The van der Waals surface area contributed by atoms with Crippen LogP contribution in [0, 0.1) is 0 Å². The third kappa shape index (κ3) is 5.72. The molecule has 0 aliphatic rings. The van der Waals surface area contributed by atoms with Gasteiger partial charge >= 0.3 is 0 Å². The Morgan fingerprint density at radius 2 is 1.76 bits per heavy atom. The number of carbonyl (C=O) groups is 1. The summed E-state index contributed by atoms with van der Waals surface area (Å²) < 4.78 is 13.7. The summed E-state index contributed by atoms with van der Waals surface area (Å²) in [6.45, 7) is 3.49. The van der Waals surface area contributed by atoms with Gasteiger partial charge in [0, 0.05) is 40.1 Å². The summed E-state index contributed by atoms with van der Waals surface area (Å²) in [6.07, 6.45) is 6.33. The van der Waals surface area contributed by atoms with E-state index < -0.39 is 0 Å². The summed E-state index contributed by atoms with van der Waals surface area (Å²) >= 11 is 11.7. The second kappa shape index (κ2) is 11.4. The normalized spacial score (nSPS) is 11.0. The van der Waals surface area contributed by atoms with Gasteiger partial charge in [-0.15, -0.1) is 11.6 Å². The Kier molecular flexibility index (Phi) is 8.09.